The number of fused-ring (bicyclic) bond motifs is 1. The van der Waals surface area contributed by atoms with E-state index in [1.54, 1.807) is 4.90 Å². The number of aliphatic hydroxyl groups excluding tert-OH is 1. The molecule has 3 saturated heterocycles. The first kappa shape index (κ1) is 24.3. The number of amides is 1. The van der Waals surface area contributed by atoms with Crippen molar-refractivity contribution in [1.82, 2.24) is 9.80 Å². The summed E-state index contributed by atoms with van der Waals surface area (Å²) in [6.07, 6.45) is -8.23. The maximum Gasteiger partial charge on any atom is 0.416 e. The minimum absolute atomic E-state index is 0.0134. The van der Waals surface area contributed by atoms with E-state index in [9.17, 15) is 36.2 Å². The van der Waals surface area contributed by atoms with Crippen LogP contribution in [0.25, 0.3) is 0 Å². The smallest absolute Gasteiger partial charge is 0.392 e. The van der Waals surface area contributed by atoms with Gasteiger partial charge in [-0.05, 0) is 48.9 Å². The van der Waals surface area contributed by atoms with Crippen LogP contribution in [0.4, 0.5) is 26.3 Å². The lowest BCUT2D eigenvalue weighted by Crippen LogP contribution is -2.45. The van der Waals surface area contributed by atoms with Gasteiger partial charge in [0.15, 0.2) is 0 Å². The molecule has 0 aliphatic carbocycles. The molecular formula is C22H26F6N2O3. The molecule has 3 heterocycles. The Labute approximate surface area is 187 Å². The van der Waals surface area contributed by atoms with E-state index in [0.717, 1.165) is 25.9 Å². The predicted octanol–water partition coefficient (Wildman–Crippen LogP) is 3.69. The number of piperidine rings is 1. The van der Waals surface area contributed by atoms with Gasteiger partial charge in [0.25, 0.3) is 0 Å². The van der Waals surface area contributed by atoms with Gasteiger partial charge in [0.1, 0.15) is 0 Å². The molecule has 3 aliphatic heterocycles. The molecule has 0 radical (unpaired) electrons. The Bertz CT molecular complexity index is 842. The fourth-order valence-corrected chi connectivity index (χ4v) is 5.15. The van der Waals surface area contributed by atoms with E-state index in [-0.39, 0.29) is 42.1 Å². The van der Waals surface area contributed by atoms with Crippen LogP contribution < -0.4 is 0 Å². The highest BCUT2D eigenvalue weighted by molar-refractivity contribution is 5.78. The highest BCUT2D eigenvalue weighted by Gasteiger charge is 2.42. The van der Waals surface area contributed by atoms with Crippen molar-refractivity contribution in [3.05, 3.63) is 34.9 Å². The average Bonchev–Trinajstić information content (AvgIpc) is 3.31. The molecule has 1 aromatic rings. The Balaban J connectivity index is 1.37. The molecule has 3 aliphatic rings. The van der Waals surface area contributed by atoms with Gasteiger partial charge in [0.05, 0.1) is 29.9 Å². The number of β-amino-alcohol motifs (C(OH)–C–C–N with tert-alkyl or cyclic N) is 1. The Kier molecular flexibility index (Phi) is 6.67. The predicted molar refractivity (Wildman–Crippen MR) is 105 cm³/mol. The van der Waals surface area contributed by atoms with Gasteiger partial charge in [-0.1, -0.05) is 0 Å². The van der Waals surface area contributed by atoms with Crippen molar-refractivity contribution in [2.45, 2.75) is 62.9 Å². The van der Waals surface area contributed by atoms with Crippen molar-refractivity contribution >= 4 is 5.91 Å². The van der Waals surface area contributed by atoms with Crippen molar-refractivity contribution in [3.63, 3.8) is 0 Å². The summed E-state index contributed by atoms with van der Waals surface area (Å²) in [7, 11) is 0. The van der Waals surface area contributed by atoms with Crippen LogP contribution in [0.15, 0.2) is 18.2 Å². The van der Waals surface area contributed by atoms with Crippen LogP contribution in [0.2, 0.25) is 0 Å². The van der Waals surface area contributed by atoms with Crippen LogP contribution in [0.3, 0.4) is 0 Å². The van der Waals surface area contributed by atoms with Crippen LogP contribution in [0.1, 0.15) is 42.4 Å². The van der Waals surface area contributed by atoms with E-state index >= 15 is 0 Å². The maximum absolute atomic E-state index is 13.1. The lowest BCUT2D eigenvalue weighted by molar-refractivity contribution is -0.143. The Morgan fingerprint density at radius 2 is 1.67 bits per heavy atom. The summed E-state index contributed by atoms with van der Waals surface area (Å²) in [6.45, 7) is 2.00. The average molecular weight is 480 g/mol. The third-order valence-corrected chi connectivity index (χ3v) is 6.66. The Morgan fingerprint density at radius 1 is 1.00 bits per heavy atom. The quantitative estimate of drug-likeness (QED) is 0.654. The van der Waals surface area contributed by atoms with E-state index in [1.807, 2.05) is 0 Å². The standard InChI is InChI=1S/C22H26F6N2O3/c23-21(24,25)15-3-14(4-16(7-15)22(26,27)28)12-33-19-8-17-5-13(6-20(32)30(17)11-19)9-29-2-1-18(31)10-29/h3-4,7,13,17-19,31H,1-2,5-6,8-12H2. The molecular weight excluding hydrogens is 454 g/mol. The number of carbonyl (C=O) groups is 1. The SMILES string of the molecule is O=C1CC(CN2CCC(O)C2)CC2CC(OCc3cc(C(F)(F)F)cc(C(F)(F)F)c3)CN12. The first-order chi connectivity index (χ1) is 15.4. The summed E-state index contributed by atoms with van der Waals surface area (Å²) in [6, 6.07) is 1.38. The van der Waals surface area contributed by atoms with Crippen molar-refractivity contribution in [1.29, 1.82) is 0 Å². The zero-order chi connectivity index (χ0) is 24.0. The monoisotopic (exact) mass is 480 g/mol. The van der Waals surface area contributed by atoms with E-state index in [2.05, 4.69) is 4.90 Å². The molecule has 0 aromatic heterocycles. The third kappa shape index (κ3) is 5.81. The molecule has 3 fully saturated rings. The summed E-state index contributed by atoms with van der Waals surface area (Å²) < 4.78 is 84.0. The molecule has 4 unspecified atom stereocenters. The highest BCUT2D eigenvalue weighted by Crippen LogP contribution is 2.37. The number of halogens is 6. The molecule has 1 amide bonds. The zero-order valence-corrected chi connectivity index (χ0v) is 17.8. The second-order valence-electron chi connectivity index (χ2n) is 9.29. The molecule has 33 heavy (non-hydrogen) atoms. The van der Waals surface area contributed by atoms with Crippen LogP contribution in [0.5, 0.6) is 0 Å². The number of nitrogens with zero attached hydrogens (tertiary/aromatic N) is 2. The number of rotatable bonds is 5. The second kappa shape index (κ2) is 9.07. The summed E-state index contributed by atoms with van der Waals surface area (Å²) >= 11 is 0. The molecule has 4 atom stereocenters. The van der Waals surface area contributed by atoms with Gasteiger partial charge in [-0.25, -0.2) is 0 Å². The minimum atomic E-state index is -4.91. The van der Waals surface area contributed by atoms with E-state index in [0.29, 0.717) is 31.5 Å². The fraction of sp³-hybridized carbons (Fsp3) is 0.682. The van der Waals surface area contributed by atoms with Gasteiger partial charge in [0, 0.05) is 38.6 Å². The number of likely N-dealkylation sites (tertiary alicyclic amines) is 1. The molecule has 0 spiro atoms. The van der Waals surface area contributed by atoms with Gasteiger partial charge < -0.3 is 19.6 Å². The van der Waals surface area contributed by atoms with E-state index in [1.165, 1.54) is 0 Å². The van der Waals surface area contributed by atoms with E-state index < -0.39 is 36.2 Å². The van der Waals surface area contributed by atoms with Crippen LogP contribution in [0, 0.1) is 5.92 Å². The van der Waals surface area contributed by atoms with Crippen LogP contribution in [-0.2, 0) is 28.5 Å². The fourth-order valence-electron chi connectivity index (χ4n) is 5.15. The van der Waals surface area contributed by atoms with Gasteiger partial charge in [0.2, 0.25) is 5.91 Å². The third-order valence-electron chi connectivity index (χ3n) is 6.66. The number of ether oxygens (including phenoxy) is 1. The molecule has 1 N–H and O–H groups in total. The minimum Gasteiger partial charge on any atom is -0.392 e. The topological polar surface area (TPSA) is 53.0 Å². The maximum atomic E-state index is 13.1. The number of hydrogen-bond donors (Lipinski definition) is 1. The first-order valence-electron chi connectivity index (χ1n) is 11.0. The van der Waals surface area contributed by atoms with Gasteiger partial charge in [-0.15, -0.1) is 0 Å². The van der Waals surface area contributed by atoms with E-state index in [4.69, 9.17) is 4.74 Å². The summed E-state index contributed by atoms with van der Waals surface area (Å²) in [5, 5.41) is 9.68. The number of aliphatic hydroxyl groups is 1. The largest absolute Gasteiger partial charge is 0.416 e. The Morgan fingerprint density at radius 3 is 2.24 bits per heavy atom. The number of benzene rings is 1. The molecule has 1 aromatic carbocycles. The van der Waals surface area contributed by atoms with Crippen molar-refractivity contribution in [3.8, 4) is 0 Å². The van der Waals surface area contributed by atoms with Crippen molar-refractivity contribution in [2.75, 3.05) is 26.2 Å². The van der Waals surface area contributed by atoms with Crippen LogP contribution in [-0.4, -0.2) is 65.2 Å². The number of carbonyl (C=O) groups excluding carboxylic acids is 1. The summed E-state index contributed by atoms with van der Waals surface area (Å²) in [5.74, 6) is 0.140. The highest BCUT2D eigenvalue weighted by atomic mass is 19.4. The lowest BCUT2D eigenvalue weighted by Gasteiger charge is -2.35. The van der Waals surface area contributed by atoms with Crippen molar-refractivity contribution < 1.29 is 41.0 Å². The Hall–Kier alpha value is -1.85. The molecule has 4 rings (SSSR count). The molecule has 5 nitrogen and oxygen atoms in total. The number of hydrogen-bond acceptors (Lipinski definition) is 4. The summed E-state index contributed by atoms with van der Waals surface area (Å²) in [5.41, 5.74) is -2.95. The number of alkyl halides is 6. The molecule has 0 bridgehead atoms. The molecule has 0 saturated carbocycles. The molecule has 184 valence electrons. The summed E-state index contributed by atoms with van der Waals surface area (Å²) in [4.78, 5) is 16.5. The van der Waals surface area contributed by atoms with Crippen LogP contribution >= 0.6 is 0 Å². The zero-order valence-electron chi connectivity index (χ0n) is 17.8. The normalized spacial score (nSPS) is 29.1. The van der Waals surface area contributed by atoms with Crippen molar-refractivity contribution in [2.24, 2.45) is 5.92 Å². The van der Waals surface area contributed by atoms with Gasteiger partial charge >= 0.3 is 12.4 Å². The first-order valence-corrected chi connectivity index (χ1v) is 11.0. The lowest BCUT2D eigenvalue weighted by atomic mass is 9.90. The van der Waals surface area contributed by atoms with Gasteiger partial charge in [-0.2, -0.15) is 26.3 Å². The second-order valence-corrected chi connectivity index (χ2v) is 9.29. The van der Waals surface area contributed by atoms with Gasteiger partial charge in [-0.3, -0.25) is 4.79 Å². The molecule has 11 heteroatoms.